The van der Waals surface area contributed by atoms with Crippen molar-refractivity contribution in [2.45, 2.75) is 18.9 Å². The van der Waals surface area contributed by atoms with E-state index in [2.05, 4.69) is 10.2 Å². The summed E-state index contributed by atoms with van der Waals surface area (Å²) < 4.78 is 0. The Balaban J connectivity index is 1.49. The van der Waals surface area contributed by atoms with Crippen LogP contribution >= 0.6 is 0 Å². The summed E-state index contributed by atoms with van der Waals surface area (Å²) in [5.74, 6) is 1.75. The first-order valence-corrected chi connectivity index (χ1v) is 7.56. The van der Waals surface area contributed by atoms with Gasteiger partial charge in [0.15, 0.2) is 0 Å². The number of hydrogen-bond acceptors (Lipinski definition) is 3. The zero-order valence-electron chi connectivity index (χ0n) is 12.1. The van der Waals surface area contributed by atoms with E-state index in [-0.39, 0.29) is 6.03 Å². The lowest BCUT2D eigenvalue weighted by Gasteiger charge is -2.38. The molecule has 0 aromatic heterocycles. The van der Waals surface area contributed by atoms with Crippen molar-refractivity contribution in [3.8, 4) is 0 Å². The van der Waals surface area contributed by atoms with Crippen molar-refractivity contribution in [1.82, 2.24) is 20.0 Å². The van der Waals surface area contributed by atoms with Gasteiger partial charge in [0.05, 0.1) is 0 Å². The number of amides is 2. The maximum atomic E-state index is 11.9. The van der Waals surface area contributed by atoms with Crippen molar-refractivity contribution in [2.75, 3.05) is 53.4 Å². The molecule has 5 heteroatoms. The molecule has 0 spiro atoms. The van der Waals surface area contributed by atoms with Gasteiger partial charge in [0.2, 0.25) is 0 Å². The second-order valence-electron chi connectivity index (χ2n) is 6.53. The normalized spacial score (nSPS) is 32.6. The first-order valence-electron chi connectivity index (χ1n) is 7.56. The van der Waals surface area contributed by atoms with E-state index in [0.29, 0.717) is 6.04 Å². The number of carbonyl (C=O) groups excluding carboxylic acids is 1. The van der Waals surface area contributed by atoms with Crippen molar-refractivity contribution < 1.29 is 4.79 Å². The topological polar surface area (TPSA) is 38.8 Å². The number of likely N-dealkylation sites (tertiary alicyclic amines) is 2. The van der Waals surface area contributed by atoms with Crippen molar-refractivity contribution in [3.63, 3.8) is 0 Å². The van der Waals surface area contributed by atoms with Crippen LogP contribution in [0.2, 0.25) is 0 Å². The first kappa shape index (κ1) is 13.2. The molecule has 2 amide bonds. The predicted molar refractivity (Wildman–Crippen MR) is 75.1 cm³/mol. The summed E-state index contributed by atoms with van der Waals surface area (Å²) in [6.45, 7) is 6.80. The van der Waals surface area contributed by atoms with E-state index >= 15 is 0 Å². The maximum Gasteiger partial charge on any atom is 0.319 e. The van der Waals surface area contributed by atoms with Crippen LogP contribution in [0.4, 0.5) is 4.79 Å². The summed E-state index contributed by atoms with van der Waals surface area (Å²) in [4.78, 5) is 18.3. The van der Waals surface area contributed by atoms with E-state index in [4.69, 9.17) is 0 Å². The molecule has 3 aliphatic rings. The van der Waals surface area contributed by atoms with E-state index in [1.165, 1.54) is 26.2 Å². The molecule has 0 aromatic rings. The molecule has 0 bridgehead atoms. The smallest absolute Gasteiger partial charge is 0.319 e. The summed E-state index contributed by atoms with van der Waals surface area (Å²) in [5.41, 5.74) is 0. The molecule has 0 unspecified atom stereocenters. The number of carbonyl (C=O) groups is 1. The molecule has 0 aromatic carbocycles. The molecule has 1 N–H and O–H groups in total. The Morgan fingerprint density at radius 2 is 1.68 bits per heavy atom. The van der Waals surface area contributed by atoms with Gasteiger partial charge in [0.25, 0.3) is 0 Å². The molecule has 3 rings (SSSR count). The molecule has 2 atom stereocenters. The Morgan fingerprint density at radius 1 is 1.11 bits per heavy atom. The van der Waals surface area contributed by atoms with Crippen molar-refractivity contribution >= 4 is 6.03 Å². The molecule has 0 saturated carbocycles. The van der Waals surface area contributed by atoms with E-state index in [9.17, 15) is 4.79 Å². The molecule has 3 saturated heterocycles. The van der Waals surface area contributed by atoms with Gasteiger partial charge >= 0.3 is 6.03 Å². The minimum absolute atomic E-state index is 0.168. The van der Waals surface area contributed by atoms with Gasteiger partial charge in [-0.05, 0) is 37.8 Å². The Kier molecular flexibility index (Phi) is 3.67. The van der Waals surface area contributed by atoms with Gasteiger partial charge in [0.1, 0.15) is 0 Å². The summed E-state index contributed by atoms with van der Waals surface area (Å²) in [7, 11) is 3.67. The molecule has 0 aliphatic carbocycles. The summed E-state index contributed by atoms with van der Waals surface area (Å²) in [6, 6.07) is 0.873. The van der Waals surface area contributed by atoms with Gasteiger partial charge < -0.3 is 15.1 Å². The monoisotopic (exact) mass is 266 g/mol. The second kappa shape index (κ2) is 5.29. The minimum atomic E-state index is 0.168. The molecule has 5 nitrogen and oxygen atoms in total. The Labute approximate surface area is 115 Å². The minimum Gasteiger partial charge on any atom is -0.331 e. The highest BCUT2D eigenvalue weighted by Crippen LogP contribution is 2.30. The van der Waals surface area contributed by atoms with Gasteiger partial charge in [-0.3, -0.25) is 4.90 Å². The van der Waals surface area contributed by atoms with E-state index < -0.39 is 0 Å². The standard InChI is InChI=1S/C14H26N4O/c1-16(2)14(19)17-5-3-13(4-6-17)18-9-11-7-15-8-12(11)10-18/h11-13,15H,3-10H2,1-2H3/t11-,12+. The Morgan fingerprint density at radius 3 is 2.21 bits per heavy atom. The van der Waals surface area contributed by atoms with Crippen LogP contribution in [0.25, 0.3) is 0 Å². The van der Waals surface area contributed by atoms with Crippen LogP contribution in [0.1, 0.15) is 12.8 Å². The zero-order chi connectivity index (χ0) is 13.4. The van der Waals surface area contributed by atoms with Crippen molar-refractivity contribution in [2.24, 2.45) is 11.8 Å². The van der Waals surface area contributed by atoms with Gasteiger partial charge in [-0.2, -0.15) is 0 Å². The third kappa shape index (κ3) is 2.58. The third-order valence-electron chi connectivity index (χ3n) is 5.05. The summed E-state index contributed by atoms with van der Waals surface area (Å²) in [5, 5.41) is 3.50. The molecule has 3 aliphatic heterocycles. The fourth-order valence-corrected chi connectivity index (χ4v) is 3.89. The lowest BCUT2D eigenvalue weighted by atomic mass is 10.0. The average Bonchev–Trinajstić information content (AvgIpc) is 2.98. The van der Waals surface area contributed by atoms with Crippen LogP contribution in [0.5, 0.6) is 0 Å². The summed E-state index contributed by atoms with van der Waals surface area (Å²) >= 11 is 0. The molecule has 3 fully saturated rings. The van der Waals surface area contributed by atoms with Gasteiger partial charge in [0, 0.05) is 46.3 Å². The quantitative estimate of drug-likeness (QED) is 0.741. The molecule has 19 heavy (non-hydrogen) atoms. The Hall–Kier alpha value is -0.810. The van der Waals surface area contributed by atoms with Crippen LogP contribution in [0, 0.1) is 11.8 Å². The predicted octanol–water partition coefficient (Wildman–Crippen LogP) is 0.284. The fourth-order valence-electron chi connectivity index (χ4n) is 3.89. The fraction of sp³-hybridized carbons (Fsp3) is 0.929. The molecule has 108 valence electrons. The number of nitrogens with one attached hydrogen (secondary N) is 1. The number of fused-ring (bicyclic) bond motifs is 1. The van der Waals surface area contributed by atoms with Crippen LogP contribution in [-0.2, 0) is 0 Å². The largest absolute Gasteiger partial charge is 0.331 e. The highest BCUT2D eigenvalue weighted by molar-refractivity contribution is 5.73. The number of rotatable bonds is 1. The number of piperidine rings is 1. The zero-order valence-corrected chi connectivity index (χ0v) is 12.1. The highest BCUT2D eigenvalue weighted by atomic mass is 16.2. The SMILES string of the molecule is CN(C)C(=O)N1CCC(N2C[C@H]3CNC[C@H]3C2)CC1. The molecular weight excluding hydrogens is 240 g/mol. The number of hydrogen-bond donors (Lipinski definition) is 1. The first-order chi connectivity index (χ1) is 9.15. The lowest BCUT2D eigenvalue weighted by Crippen LogP contribution is -2.49. The summed E-state index contributed by atoms with van der Waals surface area (Å²) in [6.07, 6.45) is 2.29. The van der Waals surface area contributed by atoms with Gasteiger partial charge in [-0.1, -0.05) is 0 Å². The van der Waals surface area contributed by atoms with Crippen molar-refractivity contribution in [3.05, 3.63) is 0 Å². The highest BCUT2D eigenvalue weighted by Gasteiger charge is 2.39. The Bertz CT molecular complexity index is 326. The number of urea groups is 1. The van der Waals surface area contributed by atoms with Crippen LogP contribution in [0.3, 0.4) is 0 Å². The van der Waals surface area contributed by atoms with Crippen LogP contribution in [-0.4, -0.2) is 80.1 Å². The lowest BCUT2D eigenvalue weighted by molar-refractivity contribution is 0.117. The molecule has 3 heterocycles. The van der Waals surface area contributed by atoms with Crippen LogP contribution in [0.15, 0.2) is 0 Å². The molecule has 0 radical (unpaired) electrons. The number of nitrogens with zero attached hydrogens (tertiary/aromatic N) is 3. The second-order valence-corrected chi connectivity index (χ2v) is 6.53. The maximum absolute atomic E-state index is 11.9. The van der Waals surface area contributed by atoms with E-state index in [0.717, 1.165) is 37.8 Å². The third-order valence-corrected chi connectivity index (χ3v) is 5.05. The van der Waals surface area contributed by atoms with Crippen LogP contribution < -0.4 is 5.32 Å². The molecular formula is C14H26N4O. The average molecular weight is 266 g/mol. The van der Waals surface area contributed by atoms with Gasteiger partial charge in [-0.25, -0.2) is 4.79 Å². The van der Waals surface area contributed by atoms with Gasteiger partial charge in [-0.15, -0.1) is 0 Å². The van der Waals surface area contributed by atoms with E-state index in [1.807, 2.05) is 19.0 Å². The van der Waals surface area contributed by atoms with E-state index in [1.54, 1.807) is 4.90 Å². The van der Waals surface area contributed by atoms with Crippen molar-refractivity contribution in [1.29, 1.82) is 0 Å².